The van der Waals surface area contributed by atoms with Crippen LogP contribution >= 0.6 is 0 Å². The zero-order valence-corrected chi connectivity index (χ0v) is 16.1. The van der Waals surface area contributed by atoms with Crippen LogP contribution in [0.1, 0.15) is 64.2 Å². The van der Waals surface area contributed by atoms with Gasteiger partial charge in [-0.2, -0.15) is 0 Å². The lowest BCUT2D eigenvalue weighted by Crippen LogP contribution is -2.54. The van der Waals surface area contributed by atoms with Crippen molar-refractivity contribution in [2.75, 3.05) is 27.2 Å². The molecular formula is C19H32N4O3. The molecule has 7 heteroatoms. The van der Waals surface area contributed by atoms with E-state index in [1.165, 1.54) is 24.2 Å². The first-order valence-corrected chi connectivity index (χ1v) is 9.97. The quantitative estimate of drug-likeness (QED) is 0.702. The fourth-order valence-electron chi connectivity index (χ4n) is 4.75. The van der Waals surface area contributed by atoms with Gasteiger partial charge in [-0.15, -0.1) is 0 Å². The van der Waals surface area contributed by atoms with Gasteiger partial charge in [0.25, 0.3) is 5.91 Å². The minimum Gasteiger partial charge on any atom is -0.354 e. The number of imide groups is 1. The van der Waals surface area contributed by atoms with E-state index in [-0.39, 0.29) is 36.3 Å². The van der Waals surface area contributed by atoms with Gasteiger partial charge in [0.1, 0.15) is 5.54 Å². The third kappa shape index (κ3) is 3.59. The second kappa shape index (κ2) is 7.55. The van der Waals surface area contributed by atoms with Gasteiger partial charge in [-0.1, -0.05) is 32.1 Å². The van der Waals surface area contributed by atoms with Gasteiger partial charge in [0.05, 0.1) is 0 Å². The third-order valence-electron chi connectivity index (χ3n) is 6.61. The van der Waals surface area contributed by atoms with Crippen LogP contribution in [0.2, 0.25) is 0 Å². The van der Waals surface area contributed by atoms with Crippen molar-refractivity contribution in [3.63, 3.8) is 0 Å². The summed E-state index contributed by atoms with van der Waals surface area (Å²) in [5, 5.41) is 5.90. The largest absolute Gasteiger partial charge is 0.354 e. The first-order valence-electron chi connectivity index (χ1n) is 9.97. The van der Waals surface area contributed by atoms with E-state index in [0.717, 1.165) is 25.7 Å². The Morgan fingerprint density at radius 2 is 1.69 bits per heavy atom. The van der Waals surface area contributed by atoms with Crippen LogP contribution in [0.4, 0.5) is 4.79 Å². The number of carbonyl (C=O) groups excluding carboxylic acids is 3. The second-order valence-corrected chi connectivity index (χ2v) is 8.38. The van der Waals surface area contributed by atoms with Crippen LogP contribution in [0.15, 0.2) is 0 Å². The van der Waals surface area contributed by atoms with E-state index < -0.39 is 5.54 Å². The van der Waals surface area contributed by atoms with Crippen molar-refractivity contribution in [1.82, 2.24) is 20.4 Å². The fourth-order valence-corrected chi connectivity index (χ4v) is 4.75. The molecule has 2 aliphatic carbocycles. The standard InChI is InChI=1S/C19H32N4O3/c1-22(2)18(9-4-3-5-10-18)14-20-15(24)8-13-23-16(25)19(21-17(23)26)11-6-7-12-19/h3-14H2,1-2H3,(H,20,24)(H,21,26). The topological polar surface area (TPSA) is 81.8 Å². The lowest BCUT2D eigenvalue weighted by molar-refractivity contribution is -0.131. The number of nitrogens with one attached hydrogen (secondary N) is 2. The normalized spacial score (nSPS) is 24.3. The van der Waals surface area contributed by atoms with Crippen LogP contribution in [-0.4, -0.2) is 65.9 Å². The van der Waals surface area contributed by atoms with Gasteiger partial charge in [-0.3, -0.25) is 14.5 Å². The zero-order chi connectivity index (χ0) is 18.8. The van der Waals surface area contributed by atoms with Crippen molar-refractivity contribution in [3.05, 3.63) is 0 Å². The third-order valence-corrected chi connectivity index (χ3v) is 6.61. The monoisotopic (exact) mass is 364 g/mol. The van der Waals surface area contributed by atoms with E-state index in [1.807, 2.05) is 0 Å². The summed E-state index contributed by atoms with van der Waals surface area (Å²) >= 11 is 0. The van der Waals surface area contributed by atoms with Crippen LogP contribution in [0.3, 0.4) is 0 Å². The van der Waals surface area contributed by atoms with Crippen LogP contribution in [-0.2, 0) is 9.59 Å². The smallest absolute Gasteiger partial charge is 0.325 e. The number of hydrogen-bond donors (Lipinski definition) is 2. The summed E-state index contributed by atoms with van der Waals surface area (Å²) in [7, 11) is 4.15. The van der Waals surface area contributed by atoms with Gasteiger partial charge >= 0.3 is 6.03 Å². The lowest BCUT2D eigenvalue weighted by Gasteiger charge is -2.43. The Bertz CT molecular complexity index is 563. The Labute approximate surface area is 155 Å². The Hall–Kier alpha value is -1.63. The molecule has 0 unspecified atom stereocenters. The maximum Gasteiger partial charge on any atom is 0.325 e. The van der Waals surface area contributed by atoms with Crippen molar-refractivity contribution < 1.29 is 14.4 Å². The summed E-state index contributed by atoms with van der Waals surface area (Å²) < 4.78 is 0. The summed E-state index contributed by atoms with van der Waals surface area (Å²) in [5.74, 6) is -0.241. The maximum atomic E-state index is 12.6. The average Bonchev–Trinajstić information content (AvgIpc) is 3.18. The van der Waals surface area contributed by atoms with Crippen LogP contribution in [0, 0.1) is 0 Å². The highest BCUT2D eigenvalue weighted by Crippen LogP contribution is 2.35. The van der Waals surface area contributed by atoms with Crippen LogP contribution < -0.4 is 10.6 Å². The number of rotatable bonds is 6. The average molecular weight is 364 g/mol. The minimum atomic E-state index is -0.690. The maximum absolute atomic E-state index is 12.6. The molecule has 3 rings (SSSR count). The van der Waals surface area contributed by atoms with Crippen molar-refractivity contribution in [2.24, 2.45) is 0 Å². The summed E-state index contributed by atoms with van der Waals surface area (Å²) in [6.07, 6.45) is 9.36. The van der Waals surface area contributed by atoms with Gasteiger partial charge in [0, 0.05) is 25.0 Å². The van der Waals surface area contributed by atoms with Gasteiger partial charge in [0.15, 0.2) is 0 Å². The molecule has 0 bridgehead atoms. The molecule has 146 valence electrons. The molecule has 1 heterocycles. The Balaban J connectivity index is 1.49. The Morgan fingerprint density at radius 1 is 1.08 bits per heavy atom. The van der Waals surface area contributed by atoms with E-state index in [4.69, 9.17) is 0 Å². The number of nitrogens with zero attached hydrogens (tertiary/aromatic N) is 2. The second-order valence-electron chi connectivity index (χ2n) is 8.38. The molecule has 0 aromatic heterocycles. The predicted octanol–water partition coefficient (Wildman–Crippen LogP) is 1.62. The molecule has 0 atom stereocenters. The van der Waals surface area contributed by atoms with Gasteiger partial charge in [-0.05, 0) is 39.8 Å². The highest BCUT2D eigenvalue weighted by Gasteiger charge is 2.52. The zero-order valence-electron chi connectivity index (χ0n) is 16.1. The number of hydrogen-bond acceptors (Lipinski definition) is 4. The van der Waals surface area contributed by atoms with Crippen LogP contribution in [0.25, 0.3) is 0 Å². The molecule has 0 aromatic carbocycles. The molecule has 7 nitrogen and oxygen atoms in total. The molecule has 2 N–H and O–H groups in total. The summed E-state index contributed by atoms with van der Waals surface area (Å²) in [5.41, 5.74) is -0.659. The first kappa shape index (κ1) is 19.1. The molecular weight excluding hydrogens is 332 g/mol. The van der Waals surface area contributed by atoms with E-state index in [1.54, 1.807) is 0 Å². The summed E-state index contributed by atoms with van der Waals surface area (Å²) in [6, 6.07) is -0.346. The number of carbonyl (C=O) groups is 3. The van der Waals surface area contributed by atoms with E-state index in [9.17, 15) is 14.4 Å². The van der Waals surface area contributed by atoms with Crippen LogP contribution in [0.5, 0.6) is 0 Å². The number of amides is 4. The highest BCUT2D eigenvalue weighted by molar-refractivity contribution is 6.07. The molecule has 3 aliphatic rings. The molecule has 1 saturated heterocycles. The molecule has 1 aliphatic heterocycles. The predicted molar refractivity (Wildman–Crippen MR) is 98.6 cm³/mol. The lowest BCUT2D eigenvalue weighted by atomic mass is 9.80. The minimum absolute atomic E-state index is 0.0304. The molecule has 1 spiro atoms. The Kier molecular flexibility index (Phi) is 5.55. The van der Waals surface area contributed by atoms with Gasteiger partial charge < -0.3 is 15.5 Å². The molecule has 3 fully saturated rings. The first-order chi connectivity index (χ1) is 12.4. The highest BCUT2D eigenvalue weighted by atomic mass is 16.2. The van der Waals surface area contributed by atoms with E-state index >= 15 is 0 Å². The van der Waals surface area contributed by atoms with Gasteiger partial charge in [-0.25, -0.2) is 4.79 Å². The summed E-state index contributed by atoms with van der Waals surface area (Å²) in [6.45, 7) is 0.788. The fraction of sp³-hybridized carbons (Fsp3) is 0.842. The van der Waals surface area contributed by atoms with Crippen molar-refractivity contribution in [1.29, 1.82) is 0 Å². The number of urea groups is 1. The molecule has 2 saturated carbocycles. The molecule has 26 heavy (non-hydrogen) atoms. The Morgan fingerprint density at radius 3 is 2.31 bits per heavy atom. The van der Waals surface area contributed by atoms with E-state index in [2.05, 4.69) is 29.6 Å². The van der Waals surface area contributed by atoms with Crippen molar-refractivity contribution >= 4 is 17.8 Å². The number of likely N-dealkylation sites (N-methyl/N-ethyl adjacent to an activating group) is 1. The molecule has 0 aromatic rings. The SMILES string of the molecule is CN(C)C1(CNC(=O)CCN2C(=O)NC3(CCCC3)C2=O)CCCCC1. The summed E-state index contributed by atoms with van der Waals surface area (Å²) in [4.78, 5) is 40.6. The van der Waals surface area contributed by atoms with E-state index in [0.29, 0.717) is 19.4 Å². The van der Waals surface area contributed by atoms with Crippen molar-refractivity contribution in [3.8, 4) is 0 Å². The molecule has 4 amide bonds. The van der Waals surface area contributed by atoms with Gasteiger partial charge in [0.2, 0.25) is 5.91 Å². The van der Waals surface area contributed by atoms with Crippen molar-refractivity contribution in [2.45, 2.75) is 75.3 Å². The molecule has 0 radical (unpaired) electrons.